The van der Waals surface area contributed by atoms with Crippen molar-refractivity contribution in [2.45, 2.75) is 0 Å². The lowest BCUT2D eigenvalue weighted by atomic mass is 10.3. The molecule has 1 radical (unpaired) electrons. The second kappa shape index (κ2) is 2.82. The second-order valence-electron chi connectivity index (χ2n) is 2.53. The number of Topliss-reactive ketones (excluding diaryl/α,β-unsaturated/α-hetero) is 1. The van der Waals surface area contributed by atoms with Crippen molar-refractivity contribution in [1.82, 2.24) is 9.97 Å². The Bertz CT molecular complexity index is 440. The highest BCUT2D eigenvalue weighted by Crippen LogP contribution is 2.09. The van der Waals surface area contributed by atoms with Crippen LogP contribution < -0.4 is 0 Å². The van der Waals surface area contributed by atoms with E-state index in [4.69, 9.17) is 0 Å². The van der Waals surface area contributed by atoms with Gasteiger partial charge in [-0.15, -0.1) is 0 Å². The minimum absolute atomic E-state index is 0.0381. The molecule has 0 aliphatic rings. The zero-order valence-electron chi connectivity index (χ0n) is 6.57. The monoisotopic (exact) mass is 173 g/mol. The Morgan fingerprint density at radius 1 is 1.38 bits per heavy atom. The molecule has 2 rings (SSSR count). The molecule has 0 bridgehead atoms. The normalized spacial score (nSPS) is 10.2. The van der Waals surface area contributed by atoms with Crippen LogP contribution in [0.2, 0.25) is 0 Å². The third-order valence-electron chi connectivity index (χ3n) is 1.70. The number of aromatic amines is 1. The number of ketones is 1. The first-order valence-corrected chi connectivity index (χ1v) is 3.68. The first kappa shape index (κ1) is 7.67. The quantitative estimate of drug-likeness (QED) is 0.541. The van der Waals surface area contributed by atoms with Gasteiger partial charge in [-0.05, 0) is 12.1 Å². The Labute approximate surface area is 73.6 Å². The lowest BCUT2D eigenvalue weighted by Gasteiger charge is -1.81. The fourth-order valence-electron chi connectivity index (χ4n) is 1.11. The minimum atomic E-state index is -0.754. The average Bonchev–Trinajstić information content (AvgIpc) is 2.59. The van der Waals surface area contributed by atoms with Gasteiger partial charge in [-0.25, -0.2) is 4.98 Å². The number of hydrogen-bond donors (Lipinski definition) is 1. The standard InChI is InChI=1S/C9H5N2O2/c12-5-8(13)9-10-6-3-1-2-4-7(6)11-9/h1-4H,(H,10,11). The Morgan fingerprint density at radius 2 is 2.15 bits per heavy atom. The van der Waals surface area contributed by atoms with E-state index in [1.165, 1.54) is 6.29 Å². The van der Waals surface area contributed by atoms with Gasteiger partial charge >= 0.3 is 0 Å². The molecular weight excluding hydrogens is 168 g/mol. The van der Waals surface area contributed by atoms with Crippen LogP contribution >= 0.6 is 0 Å². The van der Waals surface area contributed by atoms with Crippen molar-refractivity contribution in [3.8, 4) is 0 Å². The van der Waals surface area contributed by atoms with Crippen molar-refractivity contribution >= 4 is 23.1 Å². The van der Waals surface area contributed by atoms with Crippen molar-refractivity contribution in [1.29, 1.82) is 0 Å². The number of imidazole rings is 1. The van der Waals surface area contributed by atoms with E-state index in [9.17, 15) is 9.59 Å². The average molecular weight is 173 g/mol. The molecule has 0 spiro atoms. The number of nitrogens with one attached hydrogen (secondary N) is 1. The van der Waals surface area contributed by atoms with Crippen molar-refractivity contribution in [2.75, 3.05) is 0 Å². The molecule has 2 aromatic rings. The molecule has 1 heterocycles. The molecule has 0 saturated heterocycles. The summed E-state index contributed by atoms with van der Waals surface area (Å²) in [4.78, 5) is 27.6. The summed E-state index contributed by atoms with van der Waals surface area (Å²) in [5, 5.41) is 0. The maximum Gasteiger partial charge on any atom is 0.280 e. The van der Waals surface area contributed by atoms with E-state index < -0.39 is 5.78 Å². The van der Waals surface area contributed by atoms with Gasteiger partial charge in [0.25, 0.3) is 12.1 Å². The number of benzene rings is 1. The van der Waals surface area contributed by atoms with E-state index in [-0.39, 0.29) is 5.82 Å². The highest BCUT2D eigenvalue weighted by atomic mass is 16.2. The van der Waals surface area contributed by atoms with Crippen LogP contribution in [0.25, 0.3) is 11.0 Å². The first-order valence-electron chi connectivity index (χ1n) is 3.68. The molecule has 0 aliphatic carbocycles. The Kier molecular flexibility index (Phi) is 1.66. The molecule has 1 aromatic heterocycles. The molecule has 0 atom stereocenters. The van der Waals surface area contributed by atoms with Crippen LogP contribution in [0, 0.1) is 0 Å². The predicted molar refractivity (Wildman–Crippen MR) is 46.1 cm³/mol. The molecule has 0 amide bonds. The fraction of sp³-hybridized carbons (Fsp3) is 0. The summed E-state index contributed by atoms with van der Waals surface area (Å²) in [6, 6.07) is 7.17. The number of rotatable bonds is 2. The van der Waals surface area contributed by atoms with Gasteiger partial charge in [0, 0.05) is 0 Å². The largest absolute Gasteiger partial charge is 0.335 e. The smallest absolute Gasteiger partial charge is 0.280 e. The summed E-state index contributed by atoms with van der Waals surface area (Å²) < 4.78 is 0. The third-order valence-corrected chi connectivity index (χ3v) is 1.70. The minimum Gasteiger partial charge on any atom is -0.335 e. The van der Waals surface area contributed by atoms with Crippen molar-refractivity contribution < 1.29 is 9.59 Å². The number of aromatic nitrogens is 2. The number of carbonyl (C=O) groups is 1. The molecule has 1 aromatic carbocycles. The summed E-state index contributed by atoms with van der Waals surface area (Å²) in [5.74, 6) is -0.715. The molecule has 0 fully saturated rings. The first-order chi connectivity index (χ1) is 6.31. The number of hydrogen-bond acceptors (Lipinski definition) is 3. The predicted octanol–water partition coefficient (Wildman–Crippen LogP) is 0.855. The number of para-hydroxylation sites is 2. The zero-order valence-corrected chi connectivity index (χ0v) is 6.57. The Morgan fingerprint density at radius 3 is 2.85 bits per heavy atom. The highest BCUT2D eigenvalue weighted by molar-refractivity contribution is 6.32. The maximum atomic E-state index is 10.9. The van der Waals surface area contributed by atoms with Crippen LogP contribution in [-0.4, -0.2) is 22.0 Å². The molecule has 0 unspecified atom stereocenters. The van der Waals surface area contributed by atoms with E-state index in [0.717, 1.165) is 5.52 Å². The van der Waals surface area contributed by atoms with Gasteiger partial charge in [-0.3, -0.25) is 9.59 Å². The van der Waals surface area contributed by atoms with Crippen molar-refractivity contribution in [3.63, 3.8) is 0 Å². The summed E-state index contributed by atoms with van der Waals surface area (Å²) in [7, 11) is 0. The molecule has 1 N–H and O–H groups in total. The molecule has 4 heteroatoms. The van der Waals surface area contributed by atoms with E-state index >= 15 is 0 Å². The van der Waals surface area contributed by atoms with E-state index in [1.54, 1.807) is 12.1 Å². The molecule has 63 valence electrons. The lowest BCUT2D eigenvalue weighted by Crippen LogP contribution is -2.01. The molecule has 0 saturated carbocycles. The number of nitrogens with zero attached hydrogens (tertiary/aromatic N) is 1. The number of H-pyrrole nitrogens is 1. The van der Waals surface area contributed by atoms with E-state index in [1.807, 2.05) is 12.1 Å². The number of carbonyl (C=O) groups excluding carboxylic acids is 2. The van der Waals surface area contributed by atoms with Gasteiger partial charge in [-0.2, -0.15) is 0 Å². The van der Waals surface area contributed by atoms with Crippen LogP contribution in [0.4, 0.5) is 0 Å². The summed E-state index contributed by atoms with van der Waals surface area (Å²) in [5.41, 5.74) is 1.40. The molecule has 4 nitrogen and oxygen atoms in total. The van der Waals surface area contributed by atoms with Crippen molar-refractivity contribution in [2.24, 2.45) is 0 Å². The van der Waals surface area contributed by atoms with Crippen LogP contribution in [0.1, 0.15) is 10.6 Å². The summed E-state index contributed by atoms with van der Waals surface area (Å²) in [6.07, 6.45) is 1.26. The molecular formula is C9H5N2O2. The lowest BCUT2D eigenvalue weighted by molar-refractivity contribution is 0.105. The van der Waals surface area contributed by atoms with E-state index in [2.05, 4.69) is 9.97 Å². The van der Waals surface area contributed by atoms with Crippen LogP contribution in [0.3, 0.4) is 0 Å². The zero-order chi connectivity index (χ0) is 9.26. The third kappa shape index (κ3) is 1.22. The molecule has 0 aliphatic heterocycles. The van der Waals surface area contributed by atoms with Gasteiger partial charge in [0.05, 0.1) is 11.0 Å². The fourth-order valence-corrected chi connectivity index (χ4v) is 1.11. The van der Waals surface area contributed by atoms with Gasteiger partial charge in [0.15, 0.2) is 5.82 Å². The summed E-state index contributed by atoms with van der Waals surface area (Å²) >= 11 is 0. The topological polar surface area (TPSA) is 62.8 Å². The SMILES string of the molecule is O=[C]C(=O)c1nc2ccccc2[nH]1. The van der Waals surface area contributed by atoms with Gasteiger partial charge in [0.1, 0.15) is 0 Å². The molecule has 13 heavy (non-hydrogen) atoms. The second-order valence-corrected chi connectivity index (χ2v) is 2.53. The van der Waals surface area contributed by atoms with Crippen molar-refractivity contribution in [3.05, 3.63) is 30.1 Å². The Balaban J connectivity index is 2.62. The van der Waals surface area contributed by atoms with Gasteiger partial charge < -0.3 is 4.98 Å². The van der Waals surface area contributed by atoms with Crippen LogP contribution in [0.5, 0.6) is 0 Å². The number of fused-ring (bicyclic) bond motifs is 1. The van der Waals surface area contributed by atoms with Gasteiger partial charge in [0.2, 0.25) is 0 Å². The van der Waals surface area contributed by atoms with Crippen LogP contribution in [0.15, 0.2) is 24.3 Å². The highest BCUT2D eigenvalue weighted by Gasteiger charge is 2.09. The Hall–Kier alpha value is -1.97. The van der Waals surface area contributed by atoms with Crippen LogP contribution in [-0.2, 0) is 4.79 Å². The maximum absolute atomic E-state index is 10.9. The van der Waals surface area contributed by atoms with E-state index in [0.29, 0.717) is 5.52 Å². The van der Waals surface area contributed by atoms with Gasteiger partial charge in [-0.1, -0.05) is 12.1 Å². The summed E-state index contributed by atoms with van der Waals surface area (Å²) in [6.45, 7) is 0.